The van der Waals surface area contributed by atoms with Crippen LogP contribution < -0.4 is 0 Å². The number of H-pyrrole nitrogens is 1. The van der Waals surface area contributed by atoms with E-state index in [1.54, 1.807) is 0 Å². The number of carbonyl (C=O) groups is 1. The Kier molecular flexibility index (Phi) is 3.48. The van der Waals surface area contributed by atoms with Gasteiger partial charge in [-0.15, -0.1) is 0 Å². The lowest BCUT2D eigenvalue weighted by molar-refractivity contribution is 0.0727. The Morgan fingerprint density at radius 3 is 2.55 bits per heavy atom. The van der Waals surface area contributed by atoms with Crippen molar-refractivity contribution in [2.24, 2.45) is 0 Å². The zero-order chi connectivity index (χ0) is 19.5. The molecule has 6 rings (SSSR count). The first-order valence-electron chi connectivity index (χ1n) is 10.4. The molecule has 2 aliphatic rings. The second kappa shape index (κ2) is 6.08. The first-order chi connectivity index (χ1) is 14.3. The highest BCUT2D eigenvalue weighted by molar-refractivity contribution is 6.01. The monoisotopic (exact) mass is 378 g/mol. The molecule has 1 aromatic heterocycles. The summed E-state index contributed by atoms with van der Waals surface area (Å²) in [6.45, 7) is 2.89. The average Bonchev–Trinajstić information content (AvgIpc) is 3.30. The van der Waals surface area contributed by atoms with E-state index in [0.29, 0.717) is 6.54 Å². The molecule has 1 N–H and O–H groups in total. The number of para-hydroxylation sites is 1. The molecule has 0 unspecified atom stereocenters. The molecule has 1 amide bonds. The molecule has 0 aliphatic carbocycles. The number of amides is 1. The molecule has 2 atom stereocenters. The Bertz CT molecular complexity index is 1250. The SMILES string of the molecule is CCc1ccc([C@@H]2CN3C(=O)c4ccccc4[C@@H]3c3[nH]c4ccccc4c32)cc1. The molecule has 3 heterocycles. The van der Waals surface area contributed by atoms with Crippen LogP contribution in [0.2, 0.25) is 0 Å². The van der Waals surface area contributed by atoms with Gasteiger partial charge in [0.25, 0.3) is 5.91 Å². The van der Waals surface area contributed by atoms with E-state index in [-0.39, 0.29) is 17.9 Å². The predicted molar refractivity (Wildman–Crippen MR) is 115 cm³/mol. The summed E-state index contributed by atoms with van der Waals surface area (Å²) in [7, 11) is 0. The van der Waals surface area contributed by atoms with Crippen LogP contribution in [0.25, 0.3) is 10.9 Å². The van der Waals surface area contributed by atoms with E-state index in [9.17, 15) is 4.79 Å². The molecule has 4 aromatic rings. The fourth-order valence-corrected chi connectivity index (χ4v) is 5.19. The maximum absolute atomic E-state index is 13.2. The summed E-state index contributed by atoms with van der Waals surface area (Å²) in [5.74, 6) is 0.312. The molecule has 0 radical (unpaired) electrons. The van der Waals surface area contributed by atoms with Crippen molar-refractivity contribution in [2.45, 2.75) is 25.3 Å². The van der Waals surface area contributed by atoms with Gasteiger partial charge in [0.2, 0.25) is 0 Å². The van der Waals surface area contributed by atoms with Gasteiger partial charge >= 0.3 is 0 Å². The zero-order valence-electron chi connectivity index (χ0n) is 16.4. The lowest BCUT2D eigenvalue weighted by Gasteiger charge is -2.36. The van der Waals surface area contributed by atoms with E-state index >= 15 is 0 Å². The number of nitrogens with one attached hydrogen (secondary N) is 1. The highest BCUT2D eigenvalue weighted by atomic mass is 16.2. The topological polar surface area (TPSA) is 36.1 Å². The van der Waals surface area contributed by atoms with Crippen molar-refractivity contribution in [1.29, 1.82) is 0 Å². The Morgan fingerprint density at radius 2 is 1.72 bits per heavy atom. The third-order valence-electron chi connectivity index (χ3n) is 6.63. The van der Waals surface area contributed by atoms with Gasteiger partial charge in [0.05, 0.1) is 6.04 Å². The minimum absolute atomic E-state index is 0.0211. The predicted octanol–water partition coefficient (Wildman–Crippen LogP) is 5.42. The fraction of sp³-hybridized carbons (Fsp3) is 0.192. The molecule has 142 valence electrons. The summed E-state index contributed by atoms with van der Waals surface area (Å²) in [6, 6.07) is 25.5. The molecule has 0 bridgehead atoms. The number of carbonyl (C=O) groups excluding carboxylic acids is 1. The summed E-state index contributed by atoms with van der Waals surface area (Å²) in [4.78, 5) is 19.0. The highest BCUT2D eigenvalue weighted by Crippen LogP contribution is 2.49. The van der Waals surface area contributed by atoms with E-state index in [1.165, 1.54) is 27.8 Å². The van der Waals surface area contributed by atoms with Gasteiger partial charge in [0.1, 0.15) is 0 Å². The van der Waals surface area contributed by atoms with E-state index in [1.807, 2.05) is 18.2 Å². The summed E-state index contributed by atoms with van der Waals surface area (Å²) < 4.78 is 0. The molecule has 29 heavy (non-hydrogen) atoms. The van der Waals surface area contributed by atoms with Crippen LogP contribution in [-0.4, -0.2) is 22.3 Å². The summed E-state index contributed by atoms with van der Waals surface area (Å²) in [6.07, 6.45) is 1.03. The number of aryl methyl sites for hydroxylation is 1. The number of aromatic nitrogens is 1. The van der Waals surface area contributed by atoms with Crippen LogP contribution in [0.3, 0.4) is 0 Å². The number of nitrogens with zero attached hydrogens (tertiary/aromatic N) is 1. The van der Waals surface area contributed by atoms with Gasteiger partial charge in [0.15, 0.2) is 0 Å². The smallest absolute Gasteiger partial charge is 0.255 e. The number of fused-ring (bicyclic) bond motifs is 7. The number of benzene rings is 3. The standard InChI is InChI=1S/C26H22N2O/c1-2-16-11-13-17(14-12-16)21-15-28-25(18-7-3-4-8-19(18)26(28)29)24-23(21)20-9-5-6-10-22(20)27-24/h3-14,21,25,27H,2,15H2,1H3/t21-,25+/m0/s1. The van der Waals surface area contributed by atoms with Crippen LogP contribution >= 0.6 is 0 Å². The second-order valence-corrected chi connectivity index (χ2v) is 8.09. The highest BCUT2D eigenvalue weighted by Gasteiger charge is 2.45. The molecule has 0 fully saturated rings. The van der Waals surface area contributed by atoms with Gasteiger partial charge in [-0.1, -0.05) is 67.6 Å². The third-order valence-corrected chi connectivity index (χ3v) is 6.63. The Balaban J connectivity index is 1.60. The second-order valence-electron chi connectivity index (χ2n) is 8.09. The zero-order valence-corrected chi connectivity index (χ0v) is 16.4. The van der Waals surface area contributed by atoms with Crippen molar-refractivity contribution in [3.8, 4) is 0 Å². The first-order valence-corrected chi connectivity index (χ1v) is 10.4. The van der Waals surface area contributed by atoms with Crippen LogP contribution in [0.4, 0.5) is 0 Å². The van der Waals surface area contributed by atoms with Crippen LogP contribution in [0.15, 0.2) is 72.8 Å². The molecule has 2 aliphatic heterocycles. The summed E-state index contributed by atoms with van der Waals surface area (Å²) in [5.41, 5.74) is 8.22. The molecule has 0 saturated heterocycles. The van der Waals surface area contributed by atoms with Gasteiger partial charge < -0.3 is 9.88 Å². The number of rotatable bonds is 2. The van der Waals surface area contributed by atoms with Gasteiger partial charge in [0, 0.05) is 34.6 Å². The van der Waals surface area contributed by atoms with Gasteiger partial charge in [-0.2, -0.15) is 0 Å². The molecular formula is C26H22N2O. The van der Waals surface area contributed by atoms with E-state index in [2.05, 4.69) is 71.4 Å². The lowest BCUT2D eigenvalue weighted by Crippen LogP contribution is -2.37. The van der Waals surface area contributed by atoms with E-state index in [0.717, 1.165) is 23.1 Å². The number of hydrogen-bond donors (Lipinski definition) is 1. The van der Waals surface area contributed by atoms with Crippen molar-refractivity contribution >= 4 is 16.8 Å². The van der Waals surface area contributed by atoms with E-state index in [4.69, 9.17) is 0 Å². The van der Waals surface area contributed by atoms with Crippen molar-refractivity contribution < 1.29 is 4.79 Å². The van der Waals surface area contributed by atoms with Gasteiger partial charge in [-0.05, 0) is 40.8 Å². The van der Waals surface area contributed by atoms with Gasteiger partial charge in [-0.25, -0.2) is 0 Å². The van der Waals surface area contributed by atoms with Crippen LogP contribution in [0.5, 0.6) is 0 Å². The maximum atomic E-state index is 13.2. The lowest BCUT2D eigenvalue weighted by atomic mass is 9.82. The number of aromatic amines is 1. The van der Waals surface area contributed by atoms with Crippen molar-refractivity contribution in [3.05, 3.63) is 106 Å². The number of hydrogen-bond acceptors (Lipinski definition) is 1. The fourth-order valence-electron chi connectivity index (χ4n) is 5.19. The third kappa shape index (κ3) is 2.27. The molecule has 3 nitrogen and oxygen atoms in total. The Morgan fingerprint density at radius 1 is 0.966 bits per heavy atom. The van der Waals surface area contributed by atoms with Gasteiger partial charge in [-0.3, -0.25) is 4.79 Å². The molecule has 0 spiro atoms. The summed E-state index contributed by atoms with van der Waals surface area (Å²) in [5, 5.41) is 1.27. The Hall–Kier alpha value is -3.33. The average molecular weight is 378 g/mol. The Labute approximate surface area is 170 Å². The largest absolute Gasteiger partial charge is 0.356 e. The normalized spacial score (nSPS) is 19.9. The van der Waals surface area contributed by atoms with E-state index < -0.39 is 0 Å². The minimum Gasteiger partial charge on any atom is -0.356 e. The molecular weight excluding hydrogens is 356 g/mol. The first kappa shape index (κ1) is 16.6. The molecule has 3 aromatic carbocycles. The van der Waals surface area contributed by atoms with Crippen molar-refractivity contribution in [3.63, 3.8) is 0 Å². The van der Waals surface area contributed by atoms with Crippen LogP contribution in [0, 0.1) is 0 Å². The van der Waals surface area contributed by atoms with Crippen LogP contribution in [0.1, 0.15) is 57.2 Å². The maximum Gasteiger partial charge on any atom is 0.255 e. The molecule has 3 heteroatoms. The summed E-state index contributed by atoms with van der Waals surface area (Å²) >= 11 is 0. The minimum atomic E-state index is -0.0211. The quantitative estimate of drug-likeness (QED) is 0.497. The van der Waals surface area contributed by atoms with Crippen LogP contribution in [-0.2, 0) is 6.42 Å². The van der Waals surface area contributed by atoms with Crippen molar-refractivity contribution in [2.75, 3.05) is 6.54 Å². The molecule has 0 saturated carbocycles. The van der Waals surface area contributed by atoms with Crippen molar-refractivity contribution in [1.82, 2.24) is 9.88 Å².